The summed E-state index contributed by atoms with van der Waals surface area (Å²) >= 11 is 2.10. The lowest BCUT2D eigenvalue weighted by atomic mass is 9.90. The van der Waals surface area contributed by atoms with Gasteiger partial charge in [0, 0.05) is 10.1 Å². The third kappa shape index (κ3) is 3.72. The lowest BCUT2D eigenvalue weighted by Gasteiger charge is -2.22. The molecule has 0 N–H and O–H groups in total. The summed E-state index contributed by atoms with van der Waals surface area (Å²) in [6, 6.07) is 19.8. The maximum atomic E-state index is 2.55. The van der Waals surface area contributed by atoms with Crippen molar-refractivity contribution in [2.45, 2.75) is 49.7 Å². The van der Waals surface area contributed by atoms with Gasteiger partial charge in [-0.05, 0) is 41.5 Å². The first-order valence-electron chi connectivity index (χ1n) is 8.86. The van der Waals surface area contributed by atoms with Crippen molar-refractivity contribution in [2.24, 2.45) is 5.92 Å². The van der Waals surface area contributed by atoms with Crippen LogP contribution in [-0.2, 0) is 0 Å². The Morgan fingerprint density at radius 1 is 0.913 bits per heavy atom. The highest BCUT2D eigenvalue weighted by Crippen LogP contribution is 2.43. The zero-order valence-electron chi connectivity index (χ0n) is 14.2. The van der Waals surface area contributed by atoms with Crippen LogP contribution in [-0.4, -0.2) is 5.25 Å². The molecule has 0 radical (unpaired) electrons. The van der Waals surface area contributed by atoms with Gasteiger partial charge >= 0.3 is 0 Å². The van der Waals surface area contributed by atoms with Crippen molar-refractivity contribution in [2.75, 3.05) is 0 Å². The number of thioether (sulfide) groups is 1. The van der Waals surface area contributed by atoms with E-state index >= 15 is 0 Å². The van der Waals surface area contributed by atoms with Gasteiger partial charge in [-0.15, -0.1) is 11.8 Å². The van der Waals surface area contributed by atoms with E-state index in [-0.39, 0.29) is 0 Å². The van der Waals surface area contributed by atoms with Crippen molar-refractivity contribution >= 4 is 17.3 Å². The maximum Gasteiger partial charge on any atom is 0.0158 e. The second-order valence-electron chi connectivity index (χ2n) is 6.31. The molecule has 0 saturated carbocycles. The van der Waals surface area contributed by atoms with Crippen LogP contribution in [0.3, 0.4) is 0 Å². The van der Waals surface area contributed by atoms with Crippen molar-refractivity contribution in [3.05, 3.63) is 71.8 Å². The van der Waals surface area contributed by atoms with Crippen LogP contribution < -0.4 is 0 Å². The lowest BCUT2D eigenvalue weighted by Crippen LogP contribution is -2.14. The third-order valence-electron chi connectivity index (χ3n) is 4.71. The number of rotatable bonds is 5. The van der Waals surface area contributed by atoms with Gasteiger partial charge in [0.05, 0.1) is 0 Å². The predicted molar refractivity (Wildman–Crippen MR) is 103 cm³/mol. The number of benzene rings is 2. The Hall–Kier alpha value is -1.47. The second-order valence-corrected chi connectivity index (χ2v) is 7.59. The summed E-state index contributed by atoms with van der Waals surface area (Å²) in [6.07, 6.45) is 7.68. The molecule has 1 aliphatic heterocycles. The SMILES string of the molecule is CCCCC1Sc2ccccc2C(c2ccccc2)=CC1CC. The van der Waals surface area contributed by atoms with Crippen LogP contribution in [0.4, 0.5) is 0 Å². The predicted octanol–water partition coefficient (Wildman–Crippen LogP) is 6.81. The highest BCUT2D eigenvalue weighted by molar-refractivity contribution is 8.00. The zero-order valence-corrected chi connectivity index (χ0v) is 15.0. The summed E-state index contributed by atoms with van der Waals surface area (Å²) in [4.78, 5) is 1.44. The highest BCUT2D eigenvalue weighted by Gasteiger charge is 2.25. The molecule has 1 heteroatoms. The van der Waals surface area contributed by atoms with Crippen LogP contribution in [0, 0.1) is 5.92 Å². The molecule has 0 saturated heterocycles. The van der Waals surface area contributed by atoms with Crippen LogP contribution in [0.1, 0.15) is 50.7 Å². The van der Waals surface area contributed by atoms with Gasteiger partial charge in [0.15, 0.2) is 0 Å². The third-order valence-corrected chi connectivity index (χ3v) is 6.21. The Morgan fingerprint density at radius 2 is 1.65 bits per heavy atom. The molecule has 2 aromatic rings. The zero-order chi connectivity index (χ0) is 16.1. The molecule has 0 aliphatic carbocycles. The second kappa shape index (κ2) is 7.88. The molecule has 0 aromatic heterocycles. The molecule has 2 atom stereocenters. The van der Waals surface area contributed by atoms with Gasteiger partial charge < -0.3 is 0 Å². The molecule has 0 amide bonds. The van der Waals surface area contributed by atoms with Gasteiger partial charge in [-0.3, -0.25) is 0 Å². The molecule has 2 aromatic carbocycles. The monoisotopic (exact) mass is 322 g/mol. The fourth-order valence-corrected chi connectivity index (χ4v) is 4.90. The maximum absolute atomic E-state index is 2.55. The molecule has 1 heterocycles. The van der Waals surface area contributed by atoms with Crippen molar-refractivity contribution in [1.82, 2.24) is 0 Å². The standard InChI is InChI=1S/C22H26S/c1-3-5-14-21-17(4-2)16-20(18-11-7-6-8-12-18)19-13-9-10-15-22(19)23-21/h6-13,15-17,21H,3-5,14H2,1-2H3. The minimum atomic E-state index is 0.647. The minimum absolute atomic E-state index is 0.647. The normalized spacial score (nSPS) is 20.5. The molecule has 2 unspecified atom stereocenters. The Kier molecular flexibility index (Phi) is 5.61. The molecule has 0 spiro atoms. The Balaban J connectivity index is 2.06. The highest BCUT2D eigenvalue weighted by atomic mass is 32.2. The van der Waals surface area contributed by atoms with E-state index in [1.165, 1.54) is 47.3 Å². The summed E-state index contributed by atoms with van der Waals surface area (Å²) in [5.74, 6) is 0.647. The molecule has 120 valence electrons. The molecule has 23 heavy (non-hydrogen) atoms. The van der Waals surface area contributed by atoms with E-state index in [0.29, 0.717) is 11.2 Å². The minimum Gasteiger partial charge on any atom is -0.121 e. The molecule has 0 bridgehead atoms. The first-order chi connectivity index (χ1) is 11.3. The van der Waals surface area contributed by atoms with E-state index < -0.39 is 0 Å². The van der Waals surface area contributed by atoms with E-state index in [1.54, 1.807) is 0 Å². The van der Waals surface area contributed by atoms with Crippen LogP contribution in [0.15, 0.2) is 65.6 Å². The summed E-state index contributed by atoms with van der Waals surface area (Å²) in [6.45, 7) is 4.63. The first-order valence-corrected chi connectivity index (χ1v) is 9.74. The number of hydrogen-bond acceptors (Lipinski definition) is 1. The first kappa shape index (κ1) is 16.4. The summed E-state index contributed by atoms with van der Waals surface area (Å²) < 4.78 is 0. The van der Waals surface area contributed by atoms with Gasteiger partial charge in [-0.2, -0.15) is 0 Å². The largest absolute Gasteiger partial charge is 0.121 e. The average molecular weight is 323 g/mol. The Labute approximate surface area is 145 Å². The van der Waals surface area contributed by atoms with Crippen LogP contribution in [0.25, 0.3) is 5.57 Å². The topological polar surface area (TPSA) is 0 Å². The number of hydrogen-bond donors (Lipinski definition) is 0. The molecule has 3 rings (SSSR count). The van der Waals surface area contributed by atoms with Crippen LogP contribution in [0.5, 0.6) is 0 Å². The summed E-state index contributed by atoms with van der Waals surface area (Å²) in [5, 5.41) is 0.697. The van der Waals surface area contributed by atoms with Gasteiger partial charge in [-0.1, -0.05) is 81.3 Å². The van der Waals surface area contributed by atoms with E-state index in [0.717, 1.165) is 0 Å². The van der Waals surface area contributed by atoms with E-state index in [4.69, 9.17) is 0 Å². The van der Waals surface area contributed by atoms with E-state index in [9.17, 15) is 0 Å². The lowest BCUT2D eigenvalue weighted by molar-refractivity contribution is 0.544. The van der Waals surface area contributed by atoms with Crippen LogP contribution >= 0.6 is 11.8 Å². The molecule has 0 fully saturated rings. The van der Waals surface area contributed by atoms with Crippen LogP contribution in [0.2, 0.25) is 0 Å². The van der Waals surface area contributed by atoms with Gasteiger partial charge in [0.25, 0.3) is 0 Å². The Bertz CT molecular complexity index is 657. The summed E-state index contributed by atoms with van der Waals surface area (Å²) in [5.41, 5.74) is 4.16. The summed E-state index contributed by atoms with van der Waals surface area (Å²) in [7, 11) is 0. The number of allylic oxidation sites excluding steroid dienone is 1. The van der Waals surface area contributed by atoms with Crippen molar-refractivity contribution in [3.63, 3.8) is 0 Å². The fourth-order valence-electron chi connectivity index (χ4n) is 3.38. The fraction of sp³-hybridized carbons (Fsp3) is 0.364. The van der Waals surface area contributed by atoms with E-state index in [2.05, 4.69) is 86.3 Å². The molecule has 0 nitrogen and oxygen atoms in total. The van der Waals surface area contributed by atoms with Gasteiger partial charge in [-0.25, -0.2) is 0 Å². The quantitative estimate of drug-likeness (QED) is 0.582. The molecule has 1 aliphatic rings. The molecular formula is C22H26S. The van der Waals surface area contributed by atoms with Crippen molar-refractivity contribution in [1.29, 1.82) is 0 Å². The van der Waals surface area contributed by atoms with Gasteiger partial charge in [0.2, 0.25) is 0 Å². The number of unbranched alkanes of at least 4 members (excludes halogenated alkanes) is 1. The van der Waals surface area contributed by atoms with Crippen molar-refractivity contribution < 1.29 is 0 Å². The molecular weight excluding hydrogens is 296 g/mol. The van der Waals surface area contributed by atoms with Gasteiger partial charge in [0.1, 0.15) is 0 Å². The van der Waals surface area contributed by atoms with Crippen molar-refractivity contribution in [3.8, 4) is 0 Å². The number of fused-ring (bicyclic) bond motifs is 1. The smallest absolute Gasteiger partial charge is 0.0158 e. The Morgan fingerprint density at radius 3 is 2.39 bits per heavy atom. The van der Waals surface area contributed by atoms with E-state index in [1.807, 2.05) is 0 Å². The average Bonchev–Trinajstić information content (AvgIpc) is 2.77.